The summed E-state index contributed by atoms with van der Waals surface area (Å²) in [5, 5.41) is 6.06. The Morgan fingerprint density at radius 3 is 1.80 bits per heavy atom. The van der Waals surface area contributed by atoms with Crippen molar-refractivity contribution in [3.63, 3.8) is 0 Å². The fraction of sp³-hybridized carbons (Fsp3) is 0.750. The van der Waals surface area contributed by atoms with Crippen LogP contribution in [0.1, 0.15) is 6.92 Å². The van der Waals surface area contributed by atoms with Crippen molar-refractivity contribution >= 4 is 13.3 Å². The largest absolute Gasteiger partial charge is 0.370 e. The van der Waals surface area contributed by atoms with Crippen LogP contribution in [0.5, 0.6) is 0 Å². The van der Waals surface area contributed by atoms with E-state index in [2.05, 4.69) is 11.5 Å². The van der Waals surface area contributed by atoms with Gasteiger partial charge in [-0.1, -0.05) is 6.92 Å². The Balaban J connectivity index is 0. The van der Waals surface area contributed by atoms with E-state index in [1.165, 1.54) is 6.66 Å². The maximum atomic E-state index is 10.1. The van der Waals surface area contributed by atoms with Crippen LogP contribution in [0.4, 0.5) is 0 Å². The predicted molar refractivity (Wildman–Crippen MR) is 42.4 cm³/mol. The van der Waals surface area contributed by atoms with E-state index in [0.717, 1.165) is 0 Å². The molecule has 6 heteroatoms. The van der Waals surface area contributed by atoms with Crippen molar-refractivity contribution in [3.05, 3.63) is 0 Å². The Bertz CT molecular complexity index is 137. The maximum Gasteiger partial charge on any atom is 0.197 e. The standard InChI is InChI=1S/C3H9O2P.CH5N3/c1-3-6(2,4)5;2-1(3)4/h3H2,1-2H3,(H,4,5);(H5,2,3,4). The molecule has 0 aliphatic carbocycles. The summed E-state index contributed by atoms with van der Waals surface area (Å²) in [5.74, 6) is -0.333. The lowest BCUT2D eigenvalue weighted by atomic mass is 11.0. The predicted octanol–water partition coefficient (Wildman–Crippen LogP) is -0.255. The molecule has 0 spiro atoms. The molecule has 0 saturated heterocycles. The third-order valence-corrected chi connectivity index (χ3v) is 1.76. The maximum absolute atomic E-state index is 10.1. The second kappa shape index (κ2) is 5.26. The Hall–Kier alpha value is -0.540. The van der Waals surface area contributed by atoms with Crippen LogP contribution in [-0.4, -0.2) is 23.7 Å². The van der Waals surface area contributed by atoms with Gasteiger partial charge in [0.25, 0.3) is 0 Å². The summed E-state index contributed by atoms with van der Waals surface area (Å²) in [6, 6.07) is 0. The van der Waals surface area contributed by atoms with Crippen molar-refractivity contribution < 1.29 is 9.46 Å². The molecular formula is C4H14N3O2P. The molecule has 0 aliphatic rings. The van der Waals surface area contributed by atoms with Gasteiger partial charge in [0.2, 0.25) is 0 Å². The number of nitrogens with two attached hydrogens (primary N) is 2. The summed E-state index contributed by atoms with van der Waals surface area (Å²) in [6.45, 7) is 3.05. The van der Waals surface area contributed by atoms with Crippen molar-refractivity contribution in [1.29, 1.82) is 5.41 Å². The first-order chi connectivity index (χ1) is 4.29. The van der Waals surface area contributed by atoms with Crippen molar-refractivity contribution in [2.24, 2.45) is 11.5 Å². The zero-order chi connectivity index (χ0) is 8.78. The monoisotopic (exact) mass is 167 g/mol. The normalized spacial score (nSPS) is 14.3. The molecule has 0 rings (SSSR count). The summed E-state index contributed by atoms with van der Waals surface area (Å²) in [4.78, 5) is 8.38. The fourth-order valence-corrected chi connectivity index (χ4v) is 0. The Morgan fingerprint density at radius 1 is 1.70 bits per heavy atom. The van der Waals surface area contributed by atoms with Crippen molar-refractivity contribution in [2.75, 3.05) is 12.8 Å². The second-order valence-corrected chi connectivity index (χ2v) is 4.56. The van der Waals surface area contributed by atoms with Gasteiger partial charge < -0.3 is 16.4 Å². The lowest BCUT2D eigenvalue weighted by Crippen LogP contribution is -2.20. The molecule has 0 radical (unpaired) electrons. The van der Waals surface area contributed by atoms with Crippen LogP contribution in [-0.2, 0) is 4.57 Å². The molecular weight excluding hydrogens is 153 g/mol. The molecule has 62 valence electrons. The van der Waals surface area contributed by atoms with Crippen molar-refractivity contribution in [2.45, 2.75) is 6.92 Å². The average molecular weight is 167 g/mol. The van der Waals surface area contributed by atoms with Gasteiger partial charge in [-0.3, -0.25) is 9.97 Å². The number of guanidine groups is 1. The second-order valence-electron chi connectivity index (χ2n) is 1.82. The van der Waals surface area contributed by atoms with Crippen LogP contribution < -0.4 is 11.5 Å². The van der Waals surface area contributed by atoms with Gasteiger partial charge in [-0.05, 0) is 0 Å². The molecule has 0 aromatic heterocycles. The molecule has 0 amide bonds. The number of hydrogen-bond acceptors (Lipinski definition) is 2. The van der Waals surface area contributed by atoms with Gasteiger partial charge in [-0.2, -0.15) is 0 Å². The molecule has 0 fully saturated rings. The van der Waals surface area contributed by atoms with Crippen LogP contribution in [0.2, 0.25) is 0 Å². The molecule has 5 nitrogen and oxygen atoms in total. The Kier molecular flexibility index (Phi) is 6.40. The van der Waals surface area contributed by atoms with Gasteiger partial charge in [0.1, 0.15) is 0 Å². The number of hydrogen-bond donors (Lipinski definition) is 4. The van der Waals surface area contributed by atoms with E-state index in [-0.39, 0.29) is 5.96 Å². The summed E-state index contributed by atoms with van der Waals surface area (Å²) < 4.78 is 10.1. The van der Waals surface area contributed by atoms with Crippen LogP contribution >= 0.6 is 7.37 Å². The topological polar surface area (TPSA) is 113 Å². The highest BCUT2D eigenvalue weighted by atomic mass is 31.2. The van der Waals surface area contributed by atoms with E-state index in [1.807, 2.05) is 0 Å². The van der Waals surface area contributed by atoms with Gasteiger partial charge in [0.05, 0.1) is 0 Å². The summed E-state index contributed by atoms with van der Waals surface area (Å²) >= 11 is 0. The smallest absolute Gasteiger partial charge is 0.197 e. The van der Waals surface area contributed by atoms with E-state index in [1.54, 1.807) is 6.92 Å². The highest BCUT2D eigenvalue weighted by Crippen LogP contribution is 2.33. The molecule has 1 atom stereocenters. The van der Waals surface area contributed by atoms with E-state index >= 15 is 0 Å². The van der Waals surface area contributed by atoms with E-state index in [0.29, 0.717) is 6.16 Å². The third-order valence-electron chi connectivity index (χ3n) is 0.587. The molecule has 0 aromatic rings. The zero-order valence-electron chi connectivity index (χ0n) is 6.16. The highest BCUT2D eigenvalue weighted by Gasteiger charge is 2.01. The van der Waals surface area contributed by atoms with E-state index in [4.69, 9.17) is 10.3 Å². The third kappa shape index (κ3) is 51.4. The van der Waals surface area contributed by atoms with Gasteiger partial charge in [0, 0.05) is 12.8 Å². The quantitative estimate of drug-likeness (QED) is 0.245. The molecule has 0 aliphatic heterocycles. The molecule has 0 heterocycles. The lowest BCUT2D eigenvalue weighted by Gasteiger charge is -1.94. The minimum Gasteiger partial charge on any atom is -0.370 e. The highest BCUT2D eigenvalue weighted by molar-refractivity contribution is 7.57. The Morgan fingerprint density at radius 2 is 1.80 bits per heavy atom. The van der Waals surface area contributed by atoms with Crippen LogP contribution in [0, 0.1) is 5.41 Å². The summed E-state index contributed by atoms with van der Waals surface area (Å²) in [5.41, 5.74) is 8.94. The molecule has 6 N–H and O–H groups in total. The minimum absolute atomic E-state index is 0.333. The molecule has 0 saturated carbocycles. The lowest BCUT2D eigenvalue weighted by molar-refractivity contribution is 0.486. The first kappa shape index (κ1) is 12.2. The SMILES string of the molecule is CCP(C)(=O)O.N=C(N)N. The molecule has 0 aromatic carbocycles. The van der Waals surface area contributed by atoms with Crippen molar-refractivity contribution in [3.8, 4) is 0 Å². The molecule has 0 bridgehead atoms. The first-order valence-electron chi connectivity index (χ1n) is 2.68. The first-order valence-corrected chi connectivity index (χ1v) is 4.97. The Labute approximate surface area is 60.4 Å². The van der Waals surface area contributed by atoms with Gasteiger partial charge >= 0.3 is 0 Å². The minimum atomic E-state index is -2.65. The van der Waals surface area contributed by atoms with Crippen LogP contribution in [0.3, 0.4) is 0 Å². The summed E-state index contributed by atoms with van der Waals surface area (Å²) in [7, 11) is -2.65. The van der Waals surface area contributed by atoms with Gasteiger partial charge in [-0.25, -0.2) is 0 Å². The summed E-state index contributed by atoms with van der Waals surface area (Å²) in [6.07, 6.45) is 0.382. The van der Waals surface area contributed by atoms with Gasteiger partial charge in [-0.15, -0.1) is 0 Å². The zero-order valence-corrected chi connectivity index (χ0v) is 7.06. The fourth-order valence-electron chi connectivity index (χ4n) is 0. The van der Waals surface area contributed by atoms with E-state index in [9.17, 15) is 4.57 Å². The molecule has 10 heavy (non-hydrogen) atoms. The van der Waals surface area contributed by atoms with Gasteiger partial charge in [0.15, 0.2) is 13.3 Å². The van der Waals surface area contributed by atoms with E-state index < -0.39 is 7.37 Å². The molecule has 1 unspecified atom stereocenters. The number of rotatable bonds is 1. The van der Waals surface area contributed by atoms with Crippen molar-refractivity contribution in [1.82, 2.24) is 0 Å². The van der Waals surface area contributed by atoms with Crippen LogP contribution in [0.15, 0.2) is 0 Å². The number of nitrogens with one attached hydrogen (secondary N) is 1. The average Bonchev–Trinajstić information content (AvgIpc) is 1.63. The van der Waals surface area contributed by atoms with Crippen LogP contribution in [0.25, 0.3) is 0 Å².